The monoisotopic (exact) mass is 386 g/mol. The van der Waals surface area contributed by atoms with E-state index in [9.17, 15) is 9.59 Å². The van der Waals surface area contributed by atoms with E-state index in [1.165, 1.54) is 12.0 Å². The maximum absolute atomic E-state index is 12.3. The summed E-state index contributed by atoms with van der Waals surface area (Å²) in [7, 11) is 6.44. The number of carbonyl (C=O) groups excluding carboxylic acids is 2. The molecule has 7 nitrogen and oxygen atoms in total. The molecule has 0 fully saturated rings. The fraction of sp³-hybridized carbons (Fsp3) is 0.333. The van der Waals surface area contributed by atoms with Crippen LogP contribution in [0, 0.1) is 0 Å². The van der Waals surface area contributed by atoms with Gasteiger partial charge in [-0.1, -0.05) is 24.3 Å². The molecule has 7 heteroatoms. The molecule has 0 aliphatic rings. The van der Waals surface area contributed by atoms with Crippen LogP contribution in [0.4, 0.5) is 0 Å². The quantitative estimate of drug-likeness (QED) is 0.714. The number of methoxy groups -OCH3 is 2. The largest absolute Gasteiger partial charge is 0.496 e. The summed E-state index contributed by atoms with van der Waals surface area (Å²) >= 11 is 0. The van der Waals surface area contributed by atoms with Crippen LogP contribution in [0.5, 0.6) is 17.2 Å². The average Bonchev–Trinajstić information content (AvgIpc) is 2.70. The summed E-state index contributed by atoms with van der Waals surface area (Å²) in [5, 5.41) is 2.88. The van der Waals surface area contributed by atoms with Crippen molar-refractivity contribution in [2.24, 2.45) is 0 Å². The number of hydrogen-bond acceptors (Lipinski definition) is 5. The molecule has 2 amide bonds. The van der Waals surface area contributed by atoms with Gasteiger partial charge in [-0.3, -0.25) is 9.59 Å². The zero-order chi connectivity index (χ0) is 20.5. The van der Waals surface area contributed by atoms with Gasteiger partial charge in [0.2, 0.25) is 5.91 Å². The molecule has 0 saturated carbocycles. The molecule has 0 aliphatic carbocycles. The van der Waals surface area contributed by atoms with Crippen LogP contribution in [-0.2, 0) is 22.6 Å². The van der Waals surface area contributed by atoms with Gasteiger partial charge in [0.25, 0.3) is 5.91 Å². The number of amides is 2. The van der Waals surface area contributed by atoms with Crippen molar-refractivity contribution in [2.45, 2.75) is 13.0 Å². The van der Waals surface area contributed by atoms with Crippen molar-refractivity contribution < 1.29 is 23.8 Å². The number of hydrogen-bond donors (Lipinski definition) is 1. The van der Waals surface area contributed by atoms with Gasteiger partial charge in [-0.2, -0.15) is 0 Å². The van der Waals surface area contributed by atoms with Gasteiger partial charge < -0.3 is 24.4 Å². The number of para-hydroxylation sites is 1. The third-order valence-electron chi connectivity index (χ3n) is 4.11. The van der Waals surface area contributed by atoms with Gasteiger partial charge in [0.1, 0.15) is 5.75 Å². The van der Waals surface area contributed by atoms with Gasteiger partial charge in [0.05, 0.1) is 20.6 Å². The molecule has 150 valence electrons. The molecule has 0 spiro atoms. The Morgan fingerprint density at radius 2 is 1.68 bits per heavy atom. The highest BCUT2D eigenvalue weighted by molar-refractivity contribution is 5.79. The van der Waals surface area contributed by atoms with Crippen LogP contribution in [0.15, 0.2) is 42.5 Å². The number of benzene rings is 2. The molecule has 0 aliphatic heterocycles. The van der Waals surface area contributed by atoms with Crippen molar-refractivity contribution in [3.8, 4) is 17.2 Å². The lowest BCUT2D eigenvalue weighted by Gasteiger charge is -2.14. The third-order valence-corrected chi connectivity index (χ3v) is 4.11. The van der Waals surface area contributed by atoms with E-state index in [-0.39, 0.29) is 24.8 Å². The van der Waals surface area contributed by atoms with Gasteiger partial charge in [0, 0.05) is 26.2 Å². The van der Waals surface area contributed by atoms with Crippen LogP contribution >= 0.6 is 0 Å². The van der Waals surface area contributed by atoms with E-state index in [0.29, 0.717) is 23.8 Å². The van der Waals surface area contributed by atoms with E-state index in [2.05, 4.69) is 5.32 Å². The predicted molar refractivity (Wildman–Crippen MR) is 106 cm³/mol. The standard InChI is InChI=1S/C21H26N2O5/c1-23(2)21(25)14-28-18-10-9-15(11-19(18)27-4)13-22-20(24)12-16-7-5-6-8-17(16)26-3/h5-11H,12-14H2,1-4H3,(H,22,24). The molecule has 0 atom stereocenters. The number of rotatable bonds is 9. The van der Waals surface area contributed by atoms with Crippen LogP contribution in [0.3, 0.4) is 0 Å². The molecule has 1 N–H and O–H groups in total. The molecule has 2 aromatic rings. The van der Waals surface area contributed by atoms with E-state index in [0.717, 1.165) is 11.1 Å². The molecule has 28 heavy (non-hydrogen) atoms. The molecule has 0 aromatic heterocycles. The number of likely N-dealkylation sites (N-methyl/N-ethyl adjacent to an activating group) is 1. The summed E-state index contributed by atoms with van der Waals surface area (Å²) in [5.41, 5.74) is 1.69. The third kappa shape index (κ3) is 5.90. The Morgan fingerprint density at radius 1 is 0.964 bits per heavy atom. The van der Waals surface area contributed by atoms with Crippen LogP contribution < -0.4 is 19.5 Å². The molecule has 0 heterocycles. The zero-order valence-corrected chi connectivity index (χ0v) is 16.7. The van der Waals surface area contributed by atoms with Crippen LogP contribution in [-0.4, -0.2) is 51.6 Å². The summed E-state index contributed by atoms with van der Waals surface area (Å²) in [6, 6.07) is 12.7. The second kappa shape index (κ2) is 10.2. The zero-order valence-electron chi connectivity index (χ0n) is 16.7. The van der Waals surface area contributed by atoms with Gasteiger partial charge in [-0.05, 0) is 23.8 Å². The van der Waals surface area contributed by atoms with Gasteiger partial charge in [-0.25, -0.2) is 0 Å². The SMILES string of the molecule is COc1ccccc1CC(=O)NCc1ccc(OCC(=O)N(C)C)c(OC)c1. The highest BCUT2D eigenvalue weighted by atomic mass is 16.5. The summed E-state index contributed by atoms with van der Waals surface area (Å²) in [6.07, 6.45) is 0.231. The lowest BCUT2D eigenvalue weighted by atomic mass is 10.1. The normalized spacial score (nSPS) is 10.1. The van der Waals surface area contributed by atoms with Gasteiger partial charge in [-0.15, -0.1) is 0 Å². The molecule has 0 unspecified atom stereocenters. The summed E-state index contributed by atoms with van der Waals surface area (Å²) in [6.45, 7) is 0.277. The Labute approximate surface area is 165 Å². The maximum atomic E-state index is 12.3. The van der Waals surface area contributed by atoms with Crippen LogP contribution in [0.1, 0.15) is 11.1 Å². The molecular formula is C21H26N2O5. The Bertz CT molecular complexity index is 820. The first-order valence-corrected chi connectivity index (χ1v) is 8.83. The first-order valence-electron chi connectivity index (χ1n) is 8.83. The van der Waals surface area contributed by atoms with E-state index in [4.69, 9.17) is 14.2 Å². The number of carbonyl (C=O) groups is 2. The predicted octanol–water partition coefficient (Wildman–Crippen LogP) is 2.03. The van der Waals surface area contributed by atoms with Gasteiger partial charge in [0.15, 0.2) is 18.1 Å². The first kappa shape index (κ1) is 21.1. The summed E-state index contributed by atoms with van der Waals surface area (Å²) in [5.74, 6) is 1.41. The Morgan fingerprint density at radius 3 is 2.36 bits per heavy atom. The smallest absolute Gasteiger partial charge is 0.259 e. The fourth-order valence-corrected chi connectivity index (χ4v) is 2.49. The Balaban J connectivity index is 1.95. The second-order valence-corrected chi connectivity index (χ2v) is 6.33. The van der Waals surface area contributed by atoms with E-state index < -0.39 is 0 Å². The minimum atomic E-state index is -0.144. The number of ether oxygens (including phenoxy) is 3. The Hall–Kier alpha value is -3.22. The van der Waals surface area contributed by atoms with Crippen molar-refractivity contribution in [3.63, 3.8) is 0 Å². The number of nitrogens with zero attached hydrogens (tertiary/aromatic N) is 1. The fourth-order valence-electron chi connectivity index (χ4n) is 2.49. The van der Waals surface area contributed by atoms with E-state index >= 15 is 0 Å². The van der Waals surface area contributed by atoms with E-state index in [1.54, 1.807) is 33.3 Å². The lowest BCUT2D eigenvalue weighted by Crippen LogP contribution is -2.27. The second-order valence-electron chi connectivity index (χ2n) is 6.33. The summed E-state index contributed by atoms with van der Waals surface area (Å²) < 4.78 is 16.1. The van der Waals surface area contributed by atoms with Crippen molar-refractivity contribution >= 4 is 11.8 Å². The summed E-state index contributed by atoms with van der Waals surface area (Å²) in [4.78, 5) is 25.4. The minimum Gasteiger partial charge on any atom is -0.496 e. The molecule has 2 rings (SSSR count). The average molecular weight is 386 g/mol. The highest BCUT2D eigenvalue weighted by Crippen LogP contribution is 2.28. The first-order chi connectivity index (χ1) is 13.4. The maximum Gasteiger partial charge on any atom is 0.259 e. The highest BCUT2D eigenvalue weighted by Gasteiger charge is 2.11. The van der Waals surface area contributed by atoms with Crippen LogP contribution in [0.25, 0.3) is 0 Å². The van der Waals surface area contributed by atoms with Crippen molar-refractivity contribution in [2.75, 3.05) is 34.9 Å². The number of nitrogens with one attached hydrogen (secondary N) is 1. The van der Waals surface area contributed by atoms with E-state index in [1.807, 2.05) is 30.3 Å². The molecule has 0 radical (unpaired) electrons. The van der Waals surface area contributed by atoms with Crippen molar-refractivity contribution in [3.05, 3.63) is 53.6 Å². The minimum absolute atomic E-state index is 0.0711. The molecular weight excluding hydrogens is 360 g/mol. The molecule has 0 saturated heterocycles. The van der Waals surface area contributed by atoms with Crippen molar-refractivity contribution in [1.82, 2.24) is 10.2 Å². The Kier molecular flexibility index (Phi) is 7.68. The topological polar surface area (TPSA) is 77.1 Å². The molecule has 2 aromatic carbocycles. The lowest BCUT2D eigenvalue weighted by molar-refractivity contribution is -0.130. The van der Waals surface area contributed by atoms with Crippen LogP contribution in [0.2, 0.25) is 0 Å². The van der Waals surface area contributed by atoms with Crippen molar-refractivity contribution in [1.29, 1.82) is 0 Å². The van der Waals surface area contributed by atoms with Gasteiger partial charge >= 0.3 is 0 Å². The molecule has 0 bridgehead atoms.